The Morgan fingerprint density at radius 2 is 1.88 bits per heavy atom. The van der Waals surface area contributed by atoms with Crippen LogP contribution in [0.4, 0.5) is 13.2 Å². The lowest BCUT2D eigenvalue weighted by Gasteiger charge is -2.15. The Morgan fingerprint density at radius 1 is 1.09 bits per heavy atom. The van der Waals surface area contributed by atoms with Crippen LogP contribution in [0.2, 0.25) is 0 Å². The van der Waals surface area contributed by atoms with Crippen LogP contribution in [0.15, 0.2) is 47.4 Å². The second kappa shape index (κ2) is 8.49. The zero-order chi connectivity index (χ0) is 23.8. The van der Waals surface area contributed by atoms with Crippen molar-refractivity contribution in [3.8, 4) is 22.8 Å². The number of pyridine rings is 2. The standard InChI is InChI=1S/C22H19F3N6O2/c1-12-5-4-6-19(31-21(32)28-29-30-31)17(12)11-33-20-13(2)9-16(14(3)27-20)18-8-7-15(10-26-18)22(23,24)25/h4-10H,11H2,1-3H3,(H,28,30,32). The van der Waals surface area contributed by atoms with E-state index in [0.717, 1.165) is 28.1 Å². The van der Waals surface area contributed by atoms with Crippen LogP contribution in [0.3, 0.4) is 0 Å². The van der Waals surface area contributed by atoms with E-state index in [4.69, 9.17) is 4.74 Å². The van der Waals surface area contributed by atoms with Crippen molar-refractivity contribution in [1.29, 1.82) is 0 Å². The molecular weight excluding hydrogens is 437 g/mol. The molecule has 0 atom stereocenters. The number of rotatable bonds is 5. The highest BCUT2D eigenvalue weighted by Crippen LogP contribution is 2.31. The fraction of sp³-hybridized carbons (Fsp3) is 0.227. The van der Waals surface area contributed by atoms with Gasteiger partial charge in [0.2, 0.25) is 5.88 Å². The summed E-state index contributed by atoms with van der Waals surface area (Å²) in [5.74, 6) is 0.366. The summed E-state index contributed by atoms with van der Waals surface area (Å²) in [5, 5.41) is 9.58. The first-order valence-electron chi connectivity index (χ1n) is 9.89. The summed E-state index contributed by atoms with van der Waals surface area (Å²) in [5.41, 5.74) is 3.12. The second-order valence-corrected chi connectivity index (χ2v) is 7.45. The average Bonchev–Trinajstić information content (AvgIpc) is 3.19. The molecule has 4 aromatic rings. The van der Waals surface area contributed by atoms with E-state index in [-0.39, 0.29) is 6.61 Å². The normalized spacial score (nSPS) is 11.6. The quantitative estimate of drug-likeness (QED) is 0.489. The maximum Gasteiger partial charge on any atom is 0.417 e. The van der Waals surface area contributed by atoms with Gasteiger partial charge in [-0.15, -0.1) is 0 Å². The Kier molecular flexibility index (Phi) is 5.71. The number of aryl methyl sites for hydroxylation is 3. The molecule has 0 saturated carbocycles. The zero-order valence-electron chi connectivity index (χ0n) is 17.9. The number of aromatic amines is 1. The molecule has 4 rings (SSSR count). The highest BCUT2D eigenvalue weighted by Gasteiger charge is 2.30. The number of nitrogens with zero attached hydrogens (tertiary/aromatic N) is 5. The molecular formula is C22H19F3N6O2. The maximum atomic E-state index is 12.8. The molecule has 11 heteroatoms. The molecule has 170 valence electrons. The van der Waals surface area contributed by atoms with Crippen molar-refractivity contribution in [2.75, 3.05) is 0 Å². The summed E-state index contributed by atoms with van der Waals surface area (Å²) in [4.78, 5) is 20.4. The molecule has 1 aromatic carbocycles. The molecule has 0 bridgehead atoms. The first-order valence-corrected chi connectivity index (χ1v) is 9.89. The van der Waals surface area contributed by atoms with Crippen LogP contribution < -0.4 is 10.4 Å². The van der Waals surface area contributed by atoms with Gasteiger partial charge in [0.25, 0.3) is 0 Å². The van der Waals surface area contributed by atoms with Crippen molar-refractivity contribution in [3.05, 3.63) is 81.0 Å². The number of benzene rings is 1. The molecule has 3 heterocycles. The van der Waals surface area contributed by atoms with E-state index in [2.05, 4.69) is 25.5 Å². The molecule has 0 spiro atoms. The number of alkyl halides is 3. The lowest BCUT2D eigenvalue weighted by atomic mass is 10.1. The van der Waals surface area contributed by atoms with Crippen molar-refractivity contribution >= 4 is 0 Å². The minimum atomic E-state index is -4.45. The molecule has 0 saturated heterocycles. The number of hydrogen-bond acceptors (Lipinski definition) is 6. The van der Waals surface area contributed by atoms with Gasteiger partial charge in [0.05, 0.1) is 22.6 Å². The van der Waals surface area contributed by atoms with E-state index in [0.29, 0.717) is 34.1 Å². The van der Waals surface area contributed by atoms with Crippen molar-refractivity contribution in [3.63, 3.8) is 0 Å². The van der Waals surface area contributed by atoms with E-state index in [1.807, 2.05) is 13.0 Å². The summed E-state index contributed by atoms with van der Waals surface area (Å²) >= 11 is 0. The lowest BCUT2D eigenvalue weighted by molar-refractivity contribution is -0.137. The molecule has 1 N–H and O–H groups in total. The summed E-state index contributed by atoms with van der Waals surface area (Å²) in [7, 11) is 0. The largest absolute Gasteiger partial charge is 0.473 e. The fourth-order valence-electron chi connectivity index (χ4n) is 3.38. The first kappa shape index (κ1) is 22.2. The second-order valence-electron chi connectivity index (χ2n) is 7.45. The summed E-state index contributed by atoms with van der Waals surface area (Å²) in [6, 6.07) is 9.51. The monoisotopic (exact) mass is 456 g/mol. The van der Waals surface area contributed by atoms with Crippen LogP contribution in [0.5, 0.6) is 5.88 Å². The zero-order valence-corrected chi connectivity index (χ0v) is 17.9. The Morgan fingerprint density at radius 3 is 2.52 bits per heavy atom. The number of H-pyrrole nitrogens is 1. The molecule has 0 unspecified atom stereocenters. The number of tetrazole rings is 1. The van der Waals surface area contributed by atoms with Crippen LogP contribution >= 0.6 is 0 Å². The summed E-state index contributed by atoms with van der Waals surface area (Å²) in [6.45, 7) is 5.52. The first-order chi connectivity index (χ1) is 15.6. The maximum absolute atomic E-state index is 12.8. The molecule has 3 aromatic heterocycles. The Balaban J connectivity index is 1.61. The van der Waals surface area contributed by atoms with Gasteiger partial charge in [-0.1, -0.05) is 12.1 Å². The SMILES string of the molecule is Cc1cc(-c2ccc(C(F)(F)F)cn2)c(C)nc1OCc1c(C)cccc1-n1nn[nH]c1=O. The minimum Gasteiger partial charge on any atom is -0.473 e. The number of hydrogen-bond donors (Lipinski definition) is 1. The number of halogens is 3. The Bertz CT molecular complexity index is 1360. The highest BCUT2D eigenvalue weighted by molar-refractivity contribution is 5.63. The van der Waals surface area contributed by atoms with Gasteiger partial charge < -0.3 is 4.74 Å². The van der Waals surface area contributed by atoms with Gasteiger partial charge in [0.15, 0.2) is 0 Å². The number of nitrogens with one attached hydrogen (secondary N) is 1. The average molecular weight is 456 g/mol. The van der Waals surface area contributed by atoms with Gasteiger partial charge in [-0.05, 0) is 61.0 Å². The lowest BCUT2D eigenvalue weighted by Crippen LogP contribution is -2.18. The van der Waals surface area contributed by atoms with Gasteiger partial charge in [0, 0.05) is 22.9 Å². The van der Waals surface area contributed by atoms with Crippen LogP contribution in [0, 0.1) is 20.8 Å². The molecule has 0 amide bonds. The molecule has 0 fully saturated rings. The van der Waals surface area contributed by atoms with Gasteiger partial charge in [-0.2, -0.15) is 17.9 Å². The number of aromatic nitrogens is 6. The molecule has 8 nitrogen and oxygen atoms in total. The predicted molar refractivity (Wildman–Crippen MR) is 113 cm³/mol. The Labute approximate surface area is 186 Å². The molecule has 0 aliphatic rings. The van der Waals surface area contributed by atoms with Crippen LogP contribution in [-0.2, 0) is 12.8 Å². The summed E-state index contributed by atoms with van der Waals surface area (Å²) in [6.07, 6.45) is -3.64. The third kappa shape index (κ3) is 4.47. The molecule has 33 heavy (non-hydrogen) atoms. The van der Waals surface area contributed by atoms with Crippen LogP contribution in [0.1, 0.15) is 27.9 Å². The van der Waals surface area contributed by atoms with E-state index >= 15 is 0 Å². The van der Waals surface area contributed by atoms with E-state index in [9.17, 15) is 18.0 Å². The summed E-state index contributed by atoms with van der Waals surface area (Å²) < 4.78 is 45.6. The molecule has 0 radical (unpaired) electrons. The van der Waals surface area contributed by atoms with Gasteiger partial charge in [-0.25, -0.2) is 14.9 Å². The highest BCUT2D eigenvalue weighted by atomic mass is 19.4. The van der Waals surface area contributed by atoms with E-state index in [1.165, 1.54) is 6.07 Å². The molecule has 0 aliphatic heterocycles. The Hall–Kier alpha value is -4.02. The molecule has 0 aliphatic carbocycles. The third-order valence-corrected chi connectivity index (χ3v) is 5.16. The topological polar surface area (TPSA) is 98.6 Å². The van der Waals surface area contributed by atoms with E-state index < -0.39 is 17.4 Å². The van der Waals surface area contributed by atoms with Crippen LogP contribution in [-0.4, -0.2) is 30.2 Å². The minimum absolute atomic E-state index is 0.118. The smallest absolute Gasteiger partial charge is 0.417 e. The third-order valence-electron chi connectivity index (χ3n) is 5.16. The fourth-order valence-corrected chi connectivity index (χ4v) is 3.38. The predicted octanol–water partition coefficient (Wildman–Crippen LogP) is 3.94. The van der Waals surface area contributed by atoms with Crippen molar-refractivity contribution in [2.24, 2.45) is 0 Å². The van der Waals surface area contributed by atoms with Crippen molar-refractivity contribution < 1.29 is 17.9 Å². The number of ether oxygens (including phenoxy) is 1. The van der Waals surface area contributed by atoms with Crippen LogP contribution in [0.25, 0.3) is 16.9 Å². The van der Waals surface area contributed by atoms with E-state index in [1.54, 1.807) is 32.0 Å². The van der Waals surface area contributed by atoms with Gasteiger partial charge >= 0.3 is 11.9 Å². The van der Waals surface area contributed by atoms with Crippen molar-refractivity contribution in [2.45, 2.75) is 33.6 Å². The van der Waals surface area contributed by atoms with Crippen molar-refractivity contribution in [1.82, 2.24) is 30.2 Å². The van der Waals surface area contributed by atoms with Gasteiger partial charge in [-0.3, -0.25) is 4.98 Å². The van der Waals surface area contributed by atoms with Gasteiger partial charge in [0.1, 0.15) is 6.61 Å².